The molecule has 0 bridgehead atoms. The average molecular weight is 330 g/mol. The quantitative estimate of drug-likeness (QED) is 0.792. The monoisotopic (exact) mass is 328 g/mol. The summed E-state index contributed by atoms with van der Waals surface area (Å²) >= 11 is 9.20. The molecule has 0 atom stereocenters. The number of aromatic amines is 1. The van der Waals surface area contributed by atoms with Crippen molar-refractivity contribution in [3.05, 3.63) is 39.0 Å². The maximum Gasteiger partial charge on any atom is 0.261 e. The molecule has 4 N–H and O–H groups in total. The summed E-state index contributed by atoms with van der Waals surface area (Å²) in [5.74, 6) is -0.162. The van der Waals surface area contributed by atoms with E-state index in [0.717, 1.165) is 4.47 Å². The predicted octanol–water partition coefficient (Wildman–Crippen LogP) is 2.97. The van der Waals surface area contributed by atoms with Crippen molar-refractivity contribution >= 4 is 44.9 Å². The van der Waals surface area contributed by atoms with Gasteiger partial charge in [0.15, 0.2) is 5.82 Å². The lowest BCUT2D eigenvalue weighted by Crippen LogP contribution is -2.14. The molecule has 1 amide bonds. The molecule has 2 rings (SSSR count). The van der Waals surface area contributed by atoms with Crippen LogP contribution < -0.4 is 11.1 Å². The van der Waals surface area contributed by atoms with E-state index in [1.165, 1.54) is 0 Å². The zero-order chi connectivity index (χ0) is 13.3. The van der Waals surface area contributed by atoms with Gasteiger partial charge >= 0.3 is 0 Å². The van der Waals surface area contributed by atoms with Crippen molar-refractivity contribution in [2.24, 2.45) is 0 Å². The van der Waals surface area contributed by atoms with E-state index in [2.05, 4.69) is 31.4 Å². The second kappa shape index (κ2) is 4.99. The number of anilines is 2. The molecule has 5 nitrogen and oxygen atoms in total. The number of amides is 1. The van der Waals surface area contributed by atoms with E-state index in [4.69, 9.17) is 17.3 Å². The van der Waals surface area contributed by atoms with Gasteiger partial charge in [-0.05, 0) is 41.1 Å². The van der Waals surface area contributed by atoms with Crippen LogP contribution in [-0.4, -0.2) is 16.1 Å². The number of nitrogens with one attached hydrogen (secondary N) is 2. The van der Waals surface area contributed by atoms with Crippen LogP contribution in [0, 0.1) is 6.92 Å². The largest absolute Gasteiger partial charge is 0.382 e. The zero-order valence-electron chi connectivity index (χ0n) is 9.42. The topological polar surface area (TPSA) is 83.8 Å². The Balaban J connectivity index is 2.30. The highest BCUT2D eigenvalue weighted by atomic mass is 79.9. The summed E-state index contributed by atoms with van der Waals surface area (Å²) in [5.41, 5.74) is 7.15. The molecule has 2 aromatic rings. The molecule has 0 saturated carbocycles. The molecule has 1 aromatic heterocycles. The maximum absolute atomic E-state index is 12.1. The highest BCUT2D eigenvalue weighted by Gasteiger charge is 2.17. The number of aryl methyl sites for hydroxylation is 1. The van der Waals surface area contributed by atoms with Gasteiger partial charge in [0.25, 0.3) is 5.91 Å². The number of aromatic nitrogens is 2. The van der Waals surface area contributed by atoms with Gasteiger partial charge in [0.05, 0.1) is 5.69 Å². The minimum absolute atomic E-state index is 0.170. The highest BCUT2D eigenvalue weighted by Crippen LogP contribution is 2.27. The summed E-state index contributed by atoms with van der Waals surface area (Å²) in [4.78, 5) is 12.1. The number of nitrogens with zero attached hydrogens (tertiary/aromatic N) is 1. The van der Waals surface area contributed by atoms with Gasteiger partial charge in [-0.25, -0.2) is 0 Å². The Morgan fingerprint density at radius 3 is 2.89 bits per heavy atom. The van der Waals surface area contributed by atoms with Gasteiger partial charge in [-0.1, -0.05) is 11.6 Å². The van der Waals surface area contributed by atoms with Crippen LogP contribution >= 0.6 is 27.5 Å². The molecule has 7 heteroatoms. The first-order chi connectivity index (χ1) is 8.49. The number of hydrogen-bond acceptors (Lipinski definition) is 3. The molecule has 0 aliphatic carbocycles. The Kier molecular flexibility index (Phi) is 3.58. The van der Waals surface area contributed by atoms with E-state index in [0.29, 0.717) is 22.0 Å². The van der Waals surface area contributed by atoms with Crippen LogP contribution in [0.5, 0.6) is 0 Å². The van der Waals surface area contributed by atoms with Crippen LogP contribution in [0.25, 0.3) is 0 Å². The van der Waals surface area contributed by atoms with E-state index < -0.39 is 0 Å². The summed E-state index contributed by atoms with van der Waals surface area (Å²) in [5, 5.41) is 9.69. The fourth-order valence-corrected chi connectivity index (χ4v) is 2.03. The second-order valence-electron chi connectivity index (χ2n) is 3.69. The summed E-state index contributed by atoms with van der Waals surface area (Å²) < 4.78 is 0.736. The third kappa shape index (κ3) is 2.49. The van der Waals surface area contributed by atoms with Crippen LogP contribution in [0.3, 0.4) is 0 Å². The lowest BCUT2D eigenvalue weighted by molar-refractivity contribution is 0.102. The summed E-state index contributed by atoms with van der Waals surface area (Å²) in [6.07, 6.45) is 0. The summed E-state index contributed by atoms with van der Waals surface area (Å²) in [6, 6.07) is 5.12. The zero-order valence-corrected chi connectivity index (χ0v) is 11.8. The van der Waals surface area contributed by atoms with Crippen molar-refractivity contribution in [3.8, 4) is 0 Å². The summed E-state index contributed by atoms with van der Waals surface area (Å²) in [6.45, 7) is 1.73. The molecule has 94 valence electrons. The Hall–Kier alpha value is -1.53. The van der Waals surface area contributed by atoms with Gasteiger partial charge in [0.1, 0.15) is 5.56 Å². The van der Waals surface area contributed by atoms with Crippen molar-refractivity contribution in [2.45, 2.75) is 6.92 Å². The molecule has 0 aliphatic rings. The Bertz CT molecular complexity index is 592. The number of benzene rings is 1. The molecule has 1 aromatic carbocycles. The number of H-pyrrole nitrogens is 1. The average Bonchev–Trinajstić information content (AvgIpc) is 2.63. The Morgan fingerprint density at radius 2 is 2.28 bits per heavy atom. The van der Waals surface area contributed by atoms with Crippen LogP contribution in [0.2, 0.25) is 5.02 Å². The van der Waals surface area contributed by atoms with E-state index in [1.54, 1.807) is 25.1 Å². The number of halogens is 2. The summed E-state index contributed by atoms with van der Waals surface area (Å²) in [7, 11) is 0. The molecular formula is C11H10BrClN4O. The smallest absolute Gasteiger partial charge is 0.261 e. The lowest BCUT2D eigenvalue weighted by Gasteiger charge is -2.07. The van der Waals surface area contributed by atoms with Gasteiger partial charge in [0.2, 0.25) is 0 Å². The fourth-order valence-electron chi connectivity index (χ4n) is 1.51. The third-order valence-corrected chi connectivity index (χ3v) is 3.31. The van der Waals surface area contributed by atoms with Crippen LogP contribution in [0.1, 0.15) is 16.1 Å². The molecule has 0 unspecified atom stereocenters. The van der Waals surface area contributed by atoms with Crippen LogP contribution in [0.15, 0.2) is 22.7 Å². The molecule has 1 heterocycles. The first kappa shape index (κ1) is 12.9. The molecule has 0 saturated heterocycles. The van der Waals surface area contributed by atoms with E-state index in [9.17, 15) is 4.79 Å². The van der Waals surface area contributed by atoms with Gasteiger partial charge in [0, 0.05) is 15.2 Å². The number of nitrogen functional groups attached to an aromatic ring is 1. The molecule has 18 heavy (non-hydrogen) atoms. The van der Waals surface area contributed by atoms with Crippen molar-refractivity contribution in [2.75, 3.05) is 11.1 Å². The Morgan fingerprint density at radius 1 is 1.56 bits per heavy atom. The van der Waals surface area contributed by atoms with Gasteiger partial charge < -0.3 is 11.1 Å². The van der Waals surface area contributed by atoms with E-state index >= 15 is 0 Å². The number of carbonyl (C=O) groups is 1. The molecular weight excluding hydrogens is 320 g/mol. The fraction of sp³-hybridized carbons (Fsp3) is 0.0909. The SMILES string of the molecule is Cc1[nH]nc(N)c1C(=O)Nc1cc(Cl)ccc1Br. The van der Waals surface area contributed by atoms with Crippen molar-refractivity contribution in [1.29, 1.82) is 0 Å². The van der Waals surface area contributed by atoms with Gasteiger partial charge in [-0.2, -0.15) is 5.10 Å². The second-order valence-corrected chi connectivity index (χ2v) is 4.98. The van der Waals surface area contributed by atoms with E-state index in [-0.39, 0.29) is 11.7 Å². The maximum atomic E-state index is 12.1. The first-order valence-corrected chi connectivity index (χ1v) is 6.23. The minimum Gasteiger partial charge on any atom is -0.382 e. The highest BCUT2D eigenvalue weighted by molar-refractivity contribution is 9.10. The molecule has 0 spiro atoms. The standard InChI is InChI=1S/C11H10BrClN4O/c1-5-9(10(14)17-16-5)11(18)15-8-4-6(13)2-3-7(8)12/h2-4H,1H3,(H,15,18)(H3,14,16,17). The number of hydrogen-bond donors (Lipinski definition) is 3. The lowest BCUT2D eigenvalue weighted by atomic mass is 10.2. The molecule has 0 aliphatic heterocycles. The van der Waals surface area contributed by atoms with Crippen molar-refractivity contribution < 1.29 is 4.79 Å². The van der Waals surface area contributed by atoms with Gasteiger partial charge in [-0.3, -0.25) is 9.89 Å². The third-order valence-electron chi connectivity index (χ3n) is 2.38. The van der Waals surface area contributed by atoms with Gasteiger partial charge in [-0.15, -0.1) is 0 Å². The molecule has 0 fully saturated rings. The van der Waals surface area contributed by atoms with Crippen LogP contribution in [-0.2, 0) is 0 Å². The normalized spacial score (nSPS) is 10.4. The Labute approximate surface area is 117 Å². The van der Waals surface area contributed by atoms with Crippen molar-refractivity contribution in [3.63, 3.8) is 0 Å². The number of carbonyl (C=O) groups excluding carboxylic acids is 1. The minimum atomic E-state index is -0.332. The first-order valence-electron chi connectivity index (χ1n) is 5.06. The predicted molar refractivity (Wildman–Crippen MR) is 74.8 cm³/mol. The molecule has 0 radical (unpaired) electrons. The van der Waals surface area contributed by atoms with Crippen LogP contribution in [0.4, 0.5) is 11.5 Å². The van der Waals surface area contributed by atoms with E-state index in [1.807, 2.05) is 0 Å². The number of nitrogens with two attached hydrogens (primary N) is 1. The number of rotatable bonds is 2. The van der Waals surface area contributed by atoms with Crippen molar-refractivity contribution in [1.82, 2.24) is 10.2 Å².